The zero-order chi connectivity index (χ0) is 23.6. The van der Waals surface area contributed by atoms with Gasteiger partial charge in [-0.15, -0.1) is 0 Å². The number of aryl methyl sites for hydroxylation is 3. The van der Waals surface area contributed by atoms with Gasteiger partial charge in [0.05, 0.1) is 12.1 Å². The standard InChI is InChI=1S/C25H25N2O/c1-14(2)18-11-17(5)27(7)21(12-18)24-16(4)10-15(3)23-20-9-8-19(26-6)13-22(20)28-25(23)24/h8-14H,1-5,7H3/q+1/i3D3,14D. The number of aromatic nitrogens is 1. The fourth-order valence-corrected chi connectivity index (χ4v) is 3.78. The van der Waals surface area contributed by atoms with Gasteiger partial charge in [-0.25, -0.2) is 4.85 Å². The molecular weight excluding hydrogens is 344 g/mol. The summed E-state index contributed by atoms with van der Waals surface area (Å²) >= 11 is 0. The van der Waals surface area contributed by atoms with Crippen molar-refractivity contribution in [1.29, 1.82) is 0 Å². The Bertz CT molecular complexity index is 1430. The summed E-state index contributed by atoms with van der Waals surface area (Å²) in [6.45, 7) is 12.6. The minimum atomic E-state index is -2.32. The van der Waals surface area contributed by atoms with E-state index >= 15 is 0 Å². The van der Waals surface area contributed by atoms with Crippen molar-refractivity contribution in [3.05, 3.63) is 70.2 Å². The van der Waals surface area contributed by atoms with Gasteiger partial charge in [-0.1, -0.05) is 32.0 Å². The first-order chi connectivity index (χ1) is 14.8. The molecule has 0 aliphatic rings. The summed E-state index contributed by atoms with van der Waals surface area (Å²) < 4.78 is 41.2. The van der Waals surface area contributed by atoms with E-state index in [0.29, 0.717) is 27.6 Å². The van der Waals surface area contributed by atoms with Gasteiger partial charge in [0, 0.05) is 35.3 Å². The average molecular weight is 374 g/mol. The molecule has 0 spiro atoms. The molecule has 4 aromatic rings. The number of hydrogen-bond donors (Lipinski definition) is 0. The molecular formula is C25H25N2O+. The first-order valence-corrected chi connectivity index (χ1v) is 9.22. The van der Waals surface area contributed by atoms with E-state index in [1.54, 1.807) is 24.3 Å². The van der Waals surface area contributed by atoms with Crippen LogP contribution in [-0.2, 0) is 7.05 Å². The maximum atomic E-state index is 8.53. The lowest BCUT2D eigenvalue weighted by atomic mass is 9.94. The molecule has 3 heteroatoms. The number of hydrogen-bond acceptors (Lipinski definition) is 1. The van der Waals surface area contributed by atoms with Crippen molar-refractivity contribution in [2.45, 2.75) is 40.4 Å². The van der Waals surface area contributed by atoms with Crippen LogP contribution < -0.4 is 4.57 Å². The van der Waals surface area contributed by atoms with Gasteiger partial charge in [0.2, 0.25) is 5.69 Å². The van der Waals surface area contributed by atoms with Gasteiger partial charge < -0.3 is 4.42 Å². The molecule has 2 heterocycles. The molecule has 0 bridgehead atoms. The maximum absolute atomic E-state index is 8.53. The van der Waals surface area contributed by atoms with Gasteiger partial charge in [0.25, 0.3) is 0 Å². The summed E-state index contributed by atoms with van der Waals surface area (Å²) in [7, 11) is 1.95. The Hall–Kier alpha value is -3.12. The van der Waals surface area contributed by atoms with Gasteiger partial charge >= 0.3 is 0 Å². The van der Waals surface area contributed by atoms with Crippen molar-refractivity contribution < 1.29 is 14.5 Å². The second-order valence-electron chi connectivity index (χ2n) is 7.54. The highest BCUT2D eigenvalue weighted by Crippen LogP contribution is 2.40. The van der Waals surface area contributed by atoms with Gasteiger partial charge in [-0.3, -0.25) is 0 Å². The molecule has 0 amide bonds. The van der Waals surface area contributed by atoms with Crippen molar-refractivity contribution >= 4 is 27.6 Å². The lowest BCUT2D eigenvalue weighted by molar-refractivity contribution is -0.666. The van der Waals surface area contributed by atoms with E-state index in [1.165, 1.54) is 0 Å². The zero-order valence-corrected chi connectivity index (χ0v) is 16.8. The van der Waals surface area contributed by atoms with Crippen molar-refractivity contribution in [1.82, 2.24) is 0 Å². The topological polar surface area (TPSA) is 21.4 Å². The second-order valence-corrected chi connectivity index (χ2v) is 7.54. The van der Waals surface area contributed by atoms with E-state index in [-0.39, 0.29) is 5.56 Å². The zero-order valence-electron chi connectivity index (χ0n) is 20.8. The first kappa shape index (κ1) is 14.0. The van der Waals surface area contributed by atoms with Crippen LogP contribution >= 0.6 is 0 Å². The Morgan fingerprint density at radius 2 is 1.93 bits per heavy atom. The van der Waals surface area contributed by atoms with E-state index in [1.807, 2.05) is 51.4 Å². The largest absolute Gasteiger partial charge is 0.456 e. The monoisotopic (exact) mass is 373 g/mol. The molecule has 3 nitrogen and oxygen atoms in total. The van der Waals surface area contributed by atoms with Crippen LogP contribution in [0.1, 0.15) is 47.6 Å². The molecule has 28 heavy (non-hydrogen) atoms. The summed E-state index contributed by atoms with van der Waals surface area (Å²) in [4.78, 5) is 3.48. The molecule has 0 N–H and O–H groups in total. The number of benzene rings is 2. The molecule has 0 saturated heterocycles. The fraction of sp³-hybridized carbons (Fsp3) is 0.280. The highest BCUT2D eigenvalue weighted by atomic mass is 16.3. The summed E-state index contributed by atoms with van der Waals surface area (Å²) in [6.07, 6.45) is 0. The third-order valence-electron chi connectivity index (χ3n) is 5.43. The molecule has 0 fully saturated rings. The number of nitrogens with zero attached hydrogens (tertiary/aromatic N) is 2. The number of fused-ring (bicyclic) bond motifs is 3. The number of pyridine rings is 1. The normalized spacial score (nSPS) is 14.4. The third kappa shape index (κ3) is 2.68. The Kier molecular flexibility index (Phi) is 3.24. The quantitative estimate of drug-likeness (QED) is 0.284. The van der Waals surface area contributed by atoms with E-state index in [9.17, 15) is 0 Å². The second kappa shape index (κ2) is 6.49. The Balaban J connectivity index is 2.21. The highest BCUT2D eigenvalue weighted by Gasteiger charge is 2.24. The fourth-order valence-electron chi connectivity index (χ4n) is 3.78. The highest BCUT2D eigenvalue weighted by molar-refractivity contribution is 6.12. The molecule has 0 unspecified atom stereocenters. The Labute approximate surface area is 171 Å². The van der Waals surface area contributed by atoms with Gasteiger partial charge in [0.15, 0.2) is 11.4 Å². The number of furan rings is 1. The lowest BCUT2D eigenvalue weighted by Crippen LogP contribution is -2.35. The van der Waals surface area contributed by atoms with Crippen LogP contribution in [0.25, 0.3) is 38.0 Å². The molecule has 0 atom stereocenters. The third-order valence-corrected chi connectivity index (χ3v) is 5.43. The smallest absolute Gasteiger partial charge is 0.216 e. The maximum Gasteiger partial charge on any atom is 0.216 e. The number of rotatable bonds is 2. The van der Waals surface area contributed by atoms with Gasteiger partial charge in [-0.05, 0) is 42.4 Å². The summed E-state index contributed by atoms with van der Waals surface area (Å²) in [5.74, 6) is -0.794. The van der Waals surface area contributed by atoms with Gasteiger partial charge in [-0.2, -0.15) is 4.57 Å². The molecule has 140 valence electrons. The van der Waals surface area contributed by atoms with E-state index in [2.05, 4.69) is 4.85 Å². The summed E-state index contributed by atoms with van der Waals surface area (Å²) in [5, 5.41) is 1.22. The van der Waals surface area contributed by atoms with Crippen LogP contribution in [0, 0.1) is 27.3 Å². The molecule has 2 aromatic heterocycles. The average Bonchev–Trinajstić information content (AvgIpc) is 3.06. The predicted molar refractivity (Wildman–Crippen MR) is 115 cm³/mol. The summed E-state index contributed by atoms with van der Waals surface area (Å²) in [6, 6.07) is 10.8. The Morgan fingerprint density at radius 1 is 1.14 bits per heavy atom. The summed E-state index contributed by atoms with van der Waals surface area (Å²) in [5.41, 5.74) is 5.92. The van der Waals surface area contributed by atoms with Crippen LogP contribution in [-0.4, -0.2) is 0 Å². The first-order valence-electron chi connectivity index (χ1n) is 11.2. The van der Waals surface area contributed by atoms with Crippen LogP contribution in [0.4, 0.5) is 5.69 Å². The van der Waals surface area contributed by atoms with Crippen LogP contribution in [0.2, 0.25) is 0 Å². The molecule has 0 saturated carbocycles. The van der Waals surface area contributed by atoms with Crippen molar-refractivity contribution in [2.24, 2.45) is 7.05 Å². The molecule has 2 aromatic carbocycles. The van der Waals surface area contributed by atoms with Crippen molar-refractivity contribution in [2.75, 3.05) is 0 Å². The van der Waals surface area contributed by atoms with Crippen LogP contribution in [0.5, 0.6) is 0 Å². The lowest BCUT2D eigenvalue weighted by Gasteiger charge is -2.12. The van der Waals surface area contributed by atoms with Crippen molar-refractivity contribution in [3.63, 3.8) is 0 Å². The minimum absolute atomic E-state index is 0.236. The van der Waals surface area contributed by atoms with Crippen LogP contribution in [0.15, 0.2) is 40.8 Å². The van der Waals surface area contributed by atoms with Crippen molar-refractivity contribution in [3.8, 4) is 11.3 Å². The predicted octanol–water partition coefficient (Wildman–Crippen LogP) is 6.68. The minimum Gasteiger partial charge on any atom is -0.456 e. The van der Waals surface area contributed by atoms with E-state index in [0.717, 1.165) is 28.1 Å². The van der Waals surface area contributed by atoms with Gasteiger partial charge in [0.1, 0.15) is 18.2 Å². The van der Waals surface area contributed by atoms with E-state index < -0.39 is 12.7 Å². The molecule has 0 aliphatic heterocycles. The van der Waals surface area contributed by atoms with Crippen LogP contribution in [0.3, 0.4) is 0 Å². The van der Waals surface area contributed by atoms with E-state index in [4.69, 9.17) is 16.5 Å². The molecule has 0 radical (unpaired) electrons. The Morgan fingerprint density at radius 3 is 2.61 bits per heavy atom. The molecule has 0 aliphatic carbocycles. The molecule has 4 rings (SSSR count). The SMILES string of the molecule is [2H]C([2H])([2H])c1cc(C)c(-c2cc(C([2H])(C)C)cc(C)[n+]2C)c2oc3cc([N+]#[C-])ccc3c12.